The highest BCUT2D eigenvalue weighted by molar-refractivity contribution is 6.31. The molecule has 0 heterocycles. The second-order valence-corrected chi connectivity index (χ2v) is 5.25. The quantitative estimate of drug-likeness (QED) is 0.893. The molecule has 2 aromatic carbocycles. The molecule has 0 aliphatic carbocycles. The SMILES string of the molecule is CNC(C)c1ccc(OC)c(-c2cc(Cl)ccc2OC)c1. The molecule has 1 N–H and O–H groups in total. The minimum Gasteiger partial charge on any atom is -0.496 e. The van der Waals surface area contributed by atoms with Crippen LogP contribution in [0.2, 0.25) is 5.02 Å². The van der Waals surface area contributed by atoms with E-state index in [-0.39, 0.29) is 6.04 Å². The molecule has 0 amide bonds. The number of methoxy groups -OCH3 is 2. The van der Waals surface area contributed by atoms with Crippen LogP contribution in [-0.4, -0.2) is 21.3 Å². The van der Waals surface area contributed by atoms with E-state index < -0.39 is 0 Å². The molecule has 0 bridgehead atoms. The molecule has 3 nitrogen and oxygen atoms in total. The van der Waals surface area contributed by atoms with E-state index in [0.29, 0.717) is 5.02 Å². The van der Waals surface area contributed by atoms with Crippen molar-refractivity contribution in [3.8, 4) is 22.6 Å². The predicted octanol–water partition coefficient (Wildman–Crippen LogP) is 4.30. The Labute approximate surface area is 130 Å². The fourth-order valence-electron chi connectivity index (χ4n) is 2.26. The highest BCUT2D eigenvalue weighted by Gasteiger charge is 2.14. The van der Waals surface area contributed by atoms with Gasteiger partial charge in [-0.1, -0.05) is 17.7 Å². The van der Waals surface area contributed by atoms with Crippen LogP contribution in [0.15, 0.2) is 36.4 Å². The van der Waals surface area contributed by atoms with E-state index in [9.17, 15) is 0 Å². The first-order chi connectivity index (χ1) is 10.1. The van der Waals surface area contributed by atoms with Crippen molar-refractivity contribution in [2.75, 3.05) is 21.3 Å². The third kappa shape index (κ3) is 3.31. The van der Waals surface area contributed by atoms with Gasteiger partial charge in [0, 0.05) is 22.2 Å². The summed E-state index contributed by atoms with van der Waals surface area (Å²) in [4.78, 5) is 0. The molecular formula is C17H20ClNO2. The van der Waals surface area contributed by atoms with Gasteiger partial charge < -0.3 is 14.8 Å². The normalized spacial score (nSPS) is 12.0. The minimum absolute atomic E-state index is 0.250. The van der Waals surface area contributed by atoms with Crippen LogP contribution in [0, 0.1) is 0 Å². The van der Waals surface area contributed by atoms with Crippen molar-refractivity contribution in [1.82, 2.24) is 5.32 Å². The van der Waals surface area contributed by atoms with Gasteiger partial charge in [0.15, 0.2) is 0 Å². The van der Waals surface area contributed by atoms with Crippen molar-refractivity contribution in [1.29, 1.82) is 0 Å². The summed E-state index contributed by atoms with van der Waals surface area (Å²) >= 11 is 6.14. The number of nitrogens with one attached hydrogen (secondary N) is 1. The third-order valence-electron chi connectivity index (χ3n) is 3.61. The lowest BCUT2D eigenvalue weighted by Crippen LogP contribution is -2.12. The Bertz CT molecular complexity index is 628. The topological polar surface area (TPSA) is 30.5 Å². The zero-order chi connectivity index (χ0) is 15.4. The Kier molecular flexibility index (Phi) is 5.10. The molecule has 2 rings (SSSR count). The standard InChI is InChI=1S/C17H20ClNO2/c1-11(19-2)12-5-7-16(20-3)14(9-12)15-10-13(18)6-8-17(15)21-4/h5-11,19H,1-4H3. The molecule has 0 fully saturated rings. The Morgan fingerprint density at radius 1 is 0.952 bits per heavy atom. The smallest absolute Gasteiger partial charge is 0.126 e. The summed E-state index contributed by atoms with van der Waals surface area (Å²) in [6.45, 7) is 2.11. The van der Waals surface area contributed by atoms with E-state index >= 15 is 0 Å². The van der Waals surface area contributed by atoms with Gasteiger partial charge in [0.2, 0.25) is 0 Å². The lowest BCUT2D eigenvalue weighted by molar-refractivity contribution is 0.410. The van der Waals surface area contributed by atoms with Crippen LogP contribution in [0.25, 0.3) is 11.1 Å². The molecule has 0 aromatic heterocycles. The predicted molar refractivity (Wildman–Crippen MR) is 87.5 cm³/mol. The molecule has 0 spiro atoms. The van der Waals surface area contributed by atoms with E-state index in [1.54, 1.807) is 14.2 Å². The van der Waals surface area contributed by atoms with Gasteiger partial charge in [-0.25, -0.2) is 0 Å². The van der Waals surface area contributed by atoms with Crippen molar-refractivity contribution in [2.24, 2.45) is 0 Å². The minimum atomic E-state index is 0.250. The lowest BCUT2D eigenvalue weighted by Gasteiger charge is -2.17. The van der Waals surface area contributed by atoms with E-state index in [4.69, 9.17) is 21.1 Å². The van der Waals surface area contributed by atoms with Gasteiger partial charge in [-0.2, -0.15) is 0 Å². The number of benzene rings is 2. The molecule has 0 radical (unpaired) electrons. The summed E-state index contributed by atoms with van der Waals surface area (Å²) in [5.41, 5.74) is 3.07. The van der Waals surface area contributed by atoms with Crippen molar-refractivity contribution in [2.45, 2.75) is 13.0 Å². The summed E-state index contributed by atoms with van der Waals surface area (Å²) in [6, 6.07) is 12.0. The van der Waals surface area contributed by atoms with Gasteiger partial charge in [0.25, 0.3) is 0 Å². The van der Waals surface area contributed by atoms with E-state index in [2.05, 4.69) is 24.4 Å². The molecular weight excluding hydrogens is 286 g/mol. The maximum Gasteiger partial charge on any atom is 0.126 e. The number of halogens is 1. The van der Waals surface area contributed by atoms with Gasteiger partial charge in [0.1, 0.15) is 11.5 Å². The van der Waals surface area contributed by atoms with Crippen LogP contribution in [0.3, 0.4) is 0 Å². The molecule has 4 heteroatoms. The summed E-state index contributed by atoms with van der Waals surface area (Å²) in [5.74, 6) is 1.56. The lowest BCUT2D eigenvalue weighted by atomic mass is 9.98. The molecule has 0 saturated heterocycles. The number of rotatable bonds is 5. The largest absolute Gasteiger partial charge is 0.496 e. The van der Waals surface area contributed by atoms with E-state index in [0.717, 1.165) is 22.6 Å². The first kappa shape index (κ1) is 15.7. The molecule has 1 atom stereocenters. The van der Waals surface area contributed by atoms with Gasteiger partial charge in [-0.3, -0.25) is 0 Å². The highest BCUT2D eigenvalue weighted by atomic mass is 35.5. The van der Waals surface area contributed by atoms with Crippen LogP contribution in [0.4, 0.5) is 0 Å². The number of ether oxygens (including phenoxy) is 2. The first-order valence-electron chi connectivity index (χ1n) is 6.79. The zero-order valence-corrected chi connectivity index (χ0v) is 13.5. The Morgan fingerprint density at radius 3 is 2.10 bits per heavy atom. The average molecular weight is 306 g/mol. The van der Waals surface area contributed by atoms with Crippen molar-refractivity contribution >= 4 is 11.6 Å². The highest BCUT2D eigenvalue weighted by Crippen LogP contribution is 2.39. The number of hydrogen-bond donors (Lipinski definition) is 1. The van der Waals surface area contributed by atoms with Gasteiger partial charge in [-0.05, 0) is 49.9 Å². The van der Waals surface area contributed by atoms with Crippen LogP contribution in [0.5, 0.6) is 11.5 Å². The third-order valence-corrected chi connectivity index (χ3v) is 3.84. The van der Waals surface area contributed by atoms with Gasteiger partial charge in [-0.15, -0.1) is 0 Å². The first-order valence-corrected chi connectivity index (χ1v) is 7.17. The maximum absolute atomic E-state index is 6.14. The Hall–Kier alpha value is -1.71. The zero-order valence-electron chi connectivity index (χ0n) is 12.7. The molecule has 0 saturated carbocycles. The Balaban J connectivity index is 2.63. The second-order valence-electron chi connectivity index (χ2n) is 4.81. The van der Waals surface area contributed by atoms with Gasteiger partial charge >= 0.3 is 0 Å². The summed E-state index contributed by atoms with van der Waals surface area (Å²) < 4.78 is 10.9. The molecule has 21 heavy (non-hydrogen) atoms. The monoisotopic (exact) mass is 305 g/mol. The van der Waals surface area contributed by atoms with Crippen LogP contribution in [-0.2, 0) is 0 Å². The van der Waals surface area contributed by atoms with E-state index in [1.165, 1.54) is 5.56 Å². The molecule has 0 aliphatic heterocycles. The van der Waals surface area contributed by atoms with Crippen LogP contribution < -0.4 is 14.8 Å². The van der Waals surface area contributed by atoms with Crippen molar-refractivity contribution in [3.63, 3.8) is 0 Å². The second kappa shape index (κ2) is 6.83. The van der Waals surface area contributed by atoms with Gasteiger partial charge in [0.05, 0.1) is 14.2 Å². The van der Waals surface area contributed by atoms with E-state index in [1.807, 2.05) is 31.3 Å². The number of hydrogen-bond acceptors (Lipinski definition) is 3. The fourth-order valence-corrected chi connectivity index (χ4v) is 2.43. The summed E-state index contributed by atoms with van der Waals surface area (Å²) in [6.07, 6.45) is 0. The fraction of sp³-hybridized carbons (Fsp3) is 0.294. The summed E-state index contributed by atoms with van der Waals surface area (Å²) in [7, 11) is 5.25. The van der Waals surface area contributed by atoms with Crippen LogP contribution >= 0.6 is 11.6 Å². The maximum atomic E-state index is 6.14. The molecule has 1 unspecified atom stereocenters. The van der Waals surface area contributed by atoms with Crippen molar-refractivity contribution < 1.29 is 9.47 Å². The molecule has 0 aliphatic rings. The van der Waals surface area contributed by atoms with Crippen LogP contribution in [0.1, 0.15) is 18.5 Å². The molecule has 2 aromatic rings. The van der Waals surface area contributed by atoms with Crippen molar-refractivity contribution in [3.05, 3.63) is 47.0 Å². The Morgan fingerprint density at radius 2 is 1.52 bits per heavy atom. The summed E-state index contributed by atoms with van der Waals surface area (Å²) in [5, 5.41) is 3.91. The molecule has 112 valence electrons. The average Bonchev–Trinajstić information content (AvgIpc) is 2.53.